The minimum atomic E-state index is -1.05. The maximum Gasteiger partial charge on any atom is 0.355 e. The zero-order valence-corrected chi connectivity index (χ0v) is 14.7. The molecule has 0 aliphatic heterocycles. The zero-order valence-electron chi connectivity index (χ0n) is 12.3. The fourth-order valence-electron chi connectivity index (χ4n) is 1.74. The smallest absolute Gasteiger partial charge is 0.355 e. The van der Waals surface area contributed by atoms with Crippen LogP contribution in [0.2, 0.25) is 0 Å². The van der Waals surface area contributed by atoms with Crippen LogP contribution in [-0.2, 0) is 11.2 Å². The lowest BCUT2D eigenvalue weighted by Crippen LogP contribution is -2.37. The first kappa shape index (κ1) is 17.4. The number of hydrogen-bond acceptors (Lipinski definition) is 5. The number of ether oxygens (including phenoxy) is 1. The van der Waals surface area contributed by atoms with E-state index in [1.165, 1.54) is 16.7 Å². The second kappa shape index (κ2) is 8.07. The second-order valence-electron chi connectivity index (χ2n) is 4.66. The Kier molecular flexibility index (Phi) is 6.12. The number of amides is 1. The molecule has 0 aliphatic carbocycles. The number of nitrogens with zero attached hydrogens (tertiary/aromatic N) is 1. The van der Waals surface area contributed by atoms with Gasteiger partial charge in [0.15, 0.2) is 11.8 Å². The molecule has 122 valence electrons. The number of carboxylic acids is 1. The molecule has 0 fully saturated rings. The lowest BCUT2D eigenvalue weighted by Gasteiger charge is -2.15. The van der Waals surface area contributed by atoms with Crippen molar-refractivity contribution < 1.29 is 19.4 Å². The van der Waals surface area contributed by atoms with Gasteiger partial charge in [-0.15, -0.1) is 11.3 Å². The van der Waals surface area contributed by atoms with Gasteiger partial charge in [-0.1, -0.05) is 12.1 Å². The minimum Gasteiger partial charge on any atom is -0.480 e. The van der Waals surface area contributed by atoms with E-state index < -0.39 is 12.1 Å². The number of rotatable bonds is 7. The molecule has 1 aromatic heterocycles. The highest BCUT2D eigenvalue weighted by Crippen LogP contribution is 2.24. The molecular weight excluding hydrogens is 384 g/mol. The number of aromatic carboxylic acids is 1. The molecule has 8 heteroatoms. The van der Waals surface area contributed by atoms with Crippen LogP contribution >= 0.6 is 27.3 Å². The zero-order chi connectivity index (χ0) is 16.8. The Morgan fingerprint density at radius 2 is 2.17 bits per heavy atom. The molecule has 1 heterocycles. The fraction of sp³-hybridized carbons (Fsp3) is 0.267. The standard InChI is InChI=1S/C15H15BrN2O4S/c1-9(22-12-5-3-2-4-10(12)16)14(19)17-7-6-13-18-11(8-23-13)15(20)21/h2-5,8-9H,6-7H2,1H3,(H,17,19)(H,20,21). The molecule has 1 unspecified atom stereocenters. The normalized spacial score (nSPS) is 11.7. The average Bonchev–Trinajstić information content (AvgIpc) is 2.98. The number of hydrogen-bond donors (Lipinski definition) is 2. The van der Waals surface area contributed by atoms with Crippen LogP contribution in [0.4, 0.5) is 0 Å². The van der Waals surface area contributed by atoms with E-state index >= 15 is 0 Å². The molecule has 2 N–H and O–H groups in total. The first-order chi connectivity index (χ1) is 11.0. The van der Waals surface area contributed by atoms with Crippen LogP contribution in [0.1, 0.15) is 22.4 Å². The van der Waals surface area contributed by atoms with E-state index in [2.05, 4.69) is 26.2 Å². The first-order valence-electron chi connectivity index (χ1n) is 6.84. The Balaban J connectivity index is 1.79. The number of halogens is 1. The summed E-state index contributed by atoms with van der Waals surface area (Å²) in [4.78, 5) is 26.7. The number of carbonyl (C=O) groups is 2. The number of benzene rings is 1. The summed E-state index contributed by atoms with van der Waals surface area (Å²) in [5, 5.41) is 13.7. The Bertz CT molecular complexity index is 704. The van der Waals surface area contributed by atoms with Gasteiger partial charge in [0.05, 0.1) is 9.48 Å². The fourth-order valence-corrected chi connectivity index (χ4v) is 2.89. The SMILES string of the molecule is CC(Oc1ccccc1Br)C(=O)NCCc1nc(C(=O)O)cs1. The van der Waals surface area contributed by atoms with E-state index in [0.29, 0.717) is 23.7 Å². The van der Waals surface area contributed by atoms with Crippen LogP contribution in [-0.4, -0.2) is 34.6 Å². The molecule has 0 saturated carbocycles. The summed E-state index contributed by atoms with van der Waals surface area (Å²) >= 11 is 4.62. The van der Waals surface area contributed by atoms with Crippen molar-refractivity contribution in [3.63, 3.8) is 0 Å². The highest BCUT2D eigenvalue weighted by molar-refractivity contribution is 9.10. The van der Waals surface area contributed by atoms with Crippen molar-refractivity contribution >= 4 is 39.1 Å². The van der Waals surface area contributed by atoms with E-state index in [1.807, 2.05) is 18.2 Å². The molecule has 6 nitrogen and oxygen atoms in total. The minimum absolute atomic E-state index is 0.0296. The van der Waals surface area contributed by atoms with E-state index in [4.69, 9.17) is 9.84 Å². The lowest BCUT2D eigenvalue weighted by atomic mass is 10.3. The molecule has 2 aromatic rings. The van der Waals surface area contributed by atoms with Gasteiger partial charge in [0, 0.05) is 18.3 Å². The molecule has 0 radical (unpaired) electrons. The van der Waals surface area contributed by atoms with E-state index in [9.17, 15) is 9.59 Å². The average molecular weight is 399 g/mol. The summed E-state index contributed by atoms with van der Waals surface area (Å²) in [6.07, 6.45) is -0.162. The third-order valence-electron chi connectivity index (χ3n) is 2.92. The van der Waals surface area contributed by atoms with Crippen LogP contribution in [0.3, 0.4) is 0 Å². The largest absolute Gasteiger partial charge is 0.480 e. The highest BCUT2D eigenvalue weighted by atomic mass is 79.9. The van der Waals surface area contributed by atoms with Crippen LogP contribution in [0, 0.1) is 0 Å². The molecule has 23 heavy (non-hydrogen) atoms. The summed E-state index contributed by atoms with van der Waals surface area (Å²) in [5.74, 6) is -0.691. The Hall–Kier alpha value is -1.93. The first-order valence-corrected chi connectivity index (χ1v) is 8.51. The van der Waals surface area contributed by atoms with Gasteiger partial charge in [-0.2, -0.15) is 0 Å². The van der Waals surface area contributed by atoms with Crippen LogP contribution < -0.4 is 10.1 Å². The molecule has 0 saturated heterocycles. The van der Waals surface area contributed by atoms with Gasteiger partial charge in [-0.25, -0.2) is 9.78 Å². The number of carbonyl (C=O) groups excluding carboxylic acids is 1. The predicted molar refractivity (Wildman–Crippen MR) is 90.0 cm³/mol. The third-order valence-corrected chi connectivity index (χ3v) is 4.48. The van der Waals surface area contributed by atoms with Crippen LogP contribution in [0.5, 0.6) is 5.75 Å². The van der Waals surface area contributed by atoms with Crippen molar-refractivity contribution in [2.24, 2.45) is 0 Å². The Morgan fingerprint density at radius 3 is 2.83 bits per heavy atom. The number of nitrogens with one attached hydrogen (secondary N) is 1. The summed E-state index contributed by atoms with van der Waals surface area (Å²) in [7, 11) is 0. The van der Waals surface area contributed by atoms with Crippen molar-refractivity contribution in [1.29, 1.82) is 0 Å². The van der Waals surface area contributed by atoms with Crippen LogP contribution in [0.15, 0.2) is 34.1 Å². The van der Waals surface area contributed by atoms with Crippen molar-refractivity contribution in [2.75, 3.05) is 6.54 Å². The molecule has 1 aromatic carbocycles. The summed E-state index contributed by atoms with van der Waals surface area (Å²) < 4.78 is 6.38. The molecule has 0 bridgehead atoms. The Morgan fingerprint density at radius 1 is 1.43 bits per heavy atom. The van der Waals surface area contributed by atoms with Gasteiger partial charge < -0.3 is 15.2 Å². The van der Waals surface area contributed by atoms with Gasteiger partial charge >= 0.3 is 5.97 Å². The summed E-state index contributed by atoms with van der Waals surface area (Å²) in [5.41, 5.74) is 0.0296. The van der Waals surface area contributed by atoms with Gasteiger partial charge in [0.1, 0.15) is 5.75 Å². The maximum absolute atomic E-state index is 12.0. The maximum atomic E-state index is 12.0. The quantitative estimate of drug-likeness (QED) is 0.748. The monoisotopic (exact) mass is 398 g/mol. The highest BCUT2D eigenvalue weighted by Gasteiger charge is 2.16. The topological polar surface area (TPSA) is 88.5 Å². The summed E-state index contributed by atoms with van der Waals surface area (Å²) in [6.45, 7) is 2.04. The molecule has 1 amide bonds. The third kappa shape index (κ3) is 5.04. The van der Waals surface area contributed by atoms with Crippen molar-refractivity contribution in [2.45, 2.75) is 19.4 Å². The Labute approximate surface area is 145 Å². The van der Waals surface area contributed by atoms with Crippen molar-refractivity contribution in [1.82, 2.24) is 10.3 Å². The number of para-hydroxylation sites is 1. The molecule has 0 aliphatic rings. The number of aromatic nitrogens is 1. The molecule has 2 rings (SSSR count). The van der Waals surface area contributed by atoms with Crippen LogP contribution in [0.25, 0.3) is 0 Å². The van der Waals surface area contributed by atoms with Gasteiger partial charge in [0.2, 0.25) is 0 Å². The van der Waals surface area contributed by atoms with Gasteiger partial charge in [-0.3, -0.25) is 4.79 Å². The predicted octanol–water partition coefficient (Wildman–Crippen LogP) is 2.73. The number of carboxylic acid groups (broad SMARTS) is 1. The second-order valence-corrected chi connectivity index (χ2v) is 6.46. The van der Waals surface area contributed by atoms with E-state index in [-0.39, 0.29) is 11.6 Å². The van der Waals surface area contributed by atoms with Gasteiger partial charge in [-0.05, 0) is 35.0 Å². The number of thiazole rings is 1. The van der Waals surface area contributed by atoms with E-state index in [0.717, 1.165) is 4.47 Å². The van der Waals surface area contributed by atoms with Crippen molar-refractivity contribution in [3.05, 3.63) is 44.8 Å². The molecule has 0 spiro atoms. The molecule has 1 atom stereocenters. The lowest BCUT2D eigenvalue weighted by molar-refractivity contribution is -0.127. The van der Waals surface area contributed by atoms with Crippen molar-refractivity contribution in [3.8, 4) is 5.75 Å². The summed E-state index contributed by atoms with van der Waals surface area (Å²) in [6, 6.07) is 7.30. The van der Waals surface area contributed by atoms with Gasteiger partial charge in [0.25, 0.3) is 5.91 Å². The van der Waals surface area contributed by atoms with E-state index in [1.54, 1.807) is 13.0 Å². The molecular formula is C15H15BrN2O4S.